The van der Waals surface area contributed by atoms with E-state index >= 15 is 0 Å². The van der Waals surface area contributed by atoms with Gasteiger partial charge in [-0.2, -0.15) is 0 Å². The van der Waals surface area contributed by atoms with Gasteiger partial charge in [-0.15, -0.1) is 0 Å². The zero-order valence-corrected chi connectivity index (χ0v) is 19.4. The molecule has 36 heavy (non-hydrogen) atoms. The van der Waals surface area contributed by atoms with Gasteiger partial charge in [-0.3, -0.25) is 29.4 Å². The van der Waals surface area contributed by atoms with Crippen LogP contribution in [0.5, 0.6) is 0 Å². The van der Waals surface area contributed by atoms with Gasteiger partial charge in [-0.05, 0) is 43.7 Å². The quantitative estimate of drug-likeness (QED) is 0.230. The Morgan fingerprint density at radius 2 is 1.69 bits per heavy atom. The topological polar surface area (TPSA) is 136 Å². The lowest BCUT2D eigenvalue weighted by Gasteiger charge is -2.22. The van der Waals surface area contributed by atoms with Gasteiger partial charge in [-0.1, -0.05) is 36.4 Å². The Balaban J connectivity index is 1.42. The van der Waals surface area contributed by atoms with Gasteiger partial charge in [0.25, 0.3) is 23.4 Å². The number of hydrogen-bond donors (Lipinski definition) is 1. The summed E-state index contributed by atoms with van der Waals surface area (Å²) in [5.74, 6) is -2.55. The summed E-state index contributed by atoms with van der Waals surface area (Å²) in [6, 6.07) is 16.8. The van der Waals surface area contributed by atoms with Gasteiger partial charge in [0, 0.05) is 17.3 Å². The summed E-state index contributed by atoms with van der Waals surface area (Å²) in [5.41, 5.74) is 1.51. The molecule has 0 spiro atoms. The number of anilines is 1. The molecule has 0 aliphatic carbocycles. The zero-order valence-electron chi connectivity index (χ0n) is 19.4. The highest BCUT2D eigenvalue weighted by molar-refractivity contribution is 6.22. The van der Waals surface area contributed by atoms with Gasteiger partial charge in [0.1, 0.15) is 0 Å². The Morgan fingerprint density at radius 1 is 1.00 bits per heavy atom. The molecule has 0 unspecified atom stereocenters. The highest BCUT2D eigenvalue weighted by atomic mass is 16.6. The molecule has 0 bridgehead atoms. The first-order valence-electron chi connectivity index (χ1n) is 11.0. The monoisotopic (exact) mass is 487 g/mol. The lowest BCUT2D eigenvalue weighted by Crippen LogP contribution is -2.32. The molecule has 3 amide bonds. The van der Waals surface area contributed by atoms with Gasteiger partial charge in [0.2, 0.25) is 0 Å². The fourth-order valence-corrected chi connectivity index (χ4v) is 3.91. The van der Waals surface area contributed by atoms with Crippen molar-refractivity contribution in [1.82, 2.24) is 4.90 Å². The fraction of sp³-hybridized carbons (Fsp3) is 0.154. The molecule has 0 fully saturated rings. The van der Waals surface area contributed by atoms with E-state index in [9.17, 15) is 29.3 Å². The standard InChI is InChI=1S/C26H21N3O7/c1-15-8-10-19(13-22(15)29(34)35)27-23(30)14-36-26(33)18-9-11-20-21(12-18)25(32)28(24(20)31)16(2)17-6-4-3-5-7-17/h3-13,16H,14H2,1-2H3,(H,27,30)/t16-/m0/s1. The maximum absolute atomic E-state index is 13.0. The highest BCUT2D eigenvalue weighted by Gasteiger charge is 2.39. The summed E-state index contributed by atoms with van der Waals surface area (Å²) in [6.07, 6.45) is 0. The molecule has 1 aliphatic rings. The van der Waals surface area contributed by atoms with Crippen LogP contribution in [0.2, 0.25) is 0 Å². The van der Waals surface area contributed by atoms with Crippen LogP contribution in [0.1, 0.15) is 55.2 Å². The molecule has 10 nitrogen and oxygen atoms in total. The Kier molecular flexibility index (Phi) is 6.60. The molecule has 1 N–H and O–H groups in total. The summed E-state index contributed by atoms with van der Waals surface area (Å²) in [6.45, 7) is 2.66. The van der Waals surface area contributed by atoms with Crippen LogP contribution in [0.3, 0.4) is 0 Å². The third kappa shape index (κ3) is 4.69. The first kappa shape index (κ1) is 24.3. The molecule has 182 valence electrons. The van der Waals surface area contributed by atoms with Gasteiger partial charge in [0.05, 0.1) is 27.7 Å². The van der Waals surface area contributed by atoms with Crippen LogP contribution in [0.15, 0.2) is 66.7 Å². The van der Waals surface area contributed by atoms with Crippen molar-refractivity contribution in [3.8, 4) is 0 Å². The minimum Gasteiger partial charge on any atom is -0.452 e. The maximum atomic E-state index is 13.0. The summed E-state index contributed by atoms with van der Waals surface area (Å²) >= 11 is 0. The predicted molar refractivity (Wildman–Crippen MR) is 129 cm³/mol. The van der Waals surface area contributed by atoms with Crippen molar-refractivity contribution in [3.05, 3.63) is 105 Å². The molecule has 0 saturated heterocycles. The number of fused-ring (bicyclic) bond motifs is 1. The van der Waals surface area contributed by atoms with Crippen molar-refractivity contribution in [3.63, 3.8) is 0 Å². The van der Waals surface area contributed by atoms with Gasteiger partial charge < -0.3 is 10.1 Å². The number of amides is 3. The summed E-state index contributed by atoms with van der Waals surface area (Å²) < 4.78 is 5.03. The normalized spacial score (nSPS) is 13.2. The summed E-state index contributed by atoms with van der Waals surface area (Å²) in [4.78, 5) is 62.2. The number of ether oxygens (including phenoxy) is 1. The number of esters is 1. The molecule has 0 saturated carbocycles. The third-order valence-corrected chi connectivity index (χ3v) is 5.85. The van der Waals surface area contributed by atoms with Gasteiger partial charge in [0.15, 0.2) is 6.61 Å². The van der Waals surface area contributed by atoms with E-state index in [-0.39, 0.29) is 28.1 Å². The van der Waals surface area contributed by atoms with E-state index in [1.54, 1.807) is 13.8 Å². The second-order valence-electron chi connectivity index (χ2n) is 8.21. The Labute approximate surface area is 205 Å². The molecule has 1 atom stereocenters. The molecule has 4 rings (SSSR count). The van der Waals surface area contributed by atoms with Crippen LogP contribution < -0.4 is 5.32 Å². The van der Waals surface area contributed by atoms with Crippen molar-refractivity contribution in [2.24, 2.45) is 0 Å². The minimum atomic E-state index is -0.863. The van der Waals surface area contributed by atoms with Crippen LogP contribution >= 0.6 is 0 Å². The van der Waals surface area contributed by atoms with E-state index in [4.69, 9.17) is 4.74 Å². The number of aryl methyl sites for hydroxylation is 1. The van der Waals surface area contributed by atoms with Gasteiger partial charge in [-0.25, -0.2) is 4.79 Å². The molecular weight excluding hydrogens is 466 g/mol. The van der Waals surface area contributed by atoms with Crippen LogP contribution in [-0.4, -0.2) is 40.1 Å². The lowest BCUT2D eigenvalue weighted by molar-refractivity contribution is -0.385. The average Bonchev–Trinajstić information content (AvgIpc) is 3.12. The average molecular weight is 487 g/mol. The lowest BCUT2D eigenvalue weighted by atomic mass is 10.1. The molecular formula is C26H21N3O7. The number of rotatable bonds is 7. The molecule has 0 aromatic heterocycles. The SMILES string of the molecule is Cc1ccc(NC(=O)COC(=O)c2ccc3c(c2)C(=O)N([C@@H](C)c2ccccc2)C3=O)cc1[N+](=O)[O-]. The second-order valence-corrected chi connectivity index (χ2v) is 8.21. The molecule has 3 aromatic carbocycles. The van der Waals surface area contributed by atoms with Crippen molar-refractivity contribution in [2.75, 3.05) is 11.9 Å². The molecule has 10 heteroatoms. The number of imide groups is 1. The van der Waals surface area contributed by atoms with E-state index in [1.165, 1.54) is 36.4 Å². The molecule has 3 aromatic rings. The number of benzene rings is 3. The largest absolute Gasteiger partial charge is 0.452 e. The van der Waals surface area contributed by atoms with E-state index in [2.05, 4.69) is 5.32 Å². The van der Waals surface area contributed by atoms with Crippen molar-refractivity contribution in [1.29, 1.82) is 0 Å². The van der Waals surface area contributed by atoms with E-state index in [1.807, 2.05) is 30.3 Å². The molecule has 1 heterocycles. The fourth-order valence-electron chi connectivity index (χ4n) is 3.91. The number of nitrogens with one attached hydrogen (secondary N) is 1. The van der Waals surface area contributed by atoms with Crippen molar-refractivity contribution in [2.45, 2.75) is 19.9 Å². The van der Waals surface area contributed by atoms with E-state index in [0.29, 0.717) is 5.56 Å². The van der Waals surface area contributed by atoms with Gasteiger partial charge >= 0.3 is 5.97 Å². The number of carbonyl (C=O) groups is 4. The Bertz CT molecular complexity index is 1400. The van der Waals surface area contributed by atoms with E-state index in [0.717, 1.165) is 10.5 Å². The molecule has 1 aliphatic heterocycles. The Hall–Kier alpha value is -4.86. The third-order valence-electron chi connectivity index (χ3n) is 5.85. The number of carbonyl (C=O) groups excluding carboxylic acids is 4. The Morgan fingerprint density at radius 3 is 2.39 bits per heavy atom. The zero-order chi connectivity index (χ0) is 26.0. The second kappa shape index (κ2) is 9.79. The first-order valence-corrected chi connectivity index (χ1v) is 11.0. The number of nitrogens with zero attached hydrogens (tertiary/aromatic N) is 2. The number of nitro groups is 1. The van der Waals surface area contributed by atoms with E-state index < -0.39 is 41.3 Å². The predicted octanol–water partition coefficient (Wildman–Crippen LogP) is 4.06. The first-order chi connectivity index (χ1) is 17.2. The molecule has 0 radical (unpaired) electrons. The summed E-state index contributed by atoms with van der Waals surface area (Å²) in [5, 5.41) is 13.5. The van der Waals surface area contributed by atoms with Crippen molar-refractivity contribution < 1.29 is 28.8 Å². The number of nitro benzene ring substituents is 1. The van der Waals surface area contributed by atoms with Crippen molar-refractivity contribution >= 4 is 35.1 Å². The van der Waals surface area contributed by atoms with Crippen LogP contribution in [-0.2, 0) is 9.53 Å². The van der Waals surface area contributed by atoms with Crippen LogP contribution in [0.25, 0.3) is 0 Å². The highest BCUT2D eigenvalue weighted by Crippen LogP contribution is 2.32. The number of hydrogen-bond acceptors (Lipinski definition) is 7. The van der Waals surface area contributed by atoms with Crippen LogP contribution in [0.4, 0.5) is 11.4 Å². The smallest absolute Gasteiger partial charge is 0.338 e. The minimum absolute atomic E-state index is 0.00267. The summed E-state index contributed by atoms with van der Waals surface area (Å²) in [7, 11) is 0. The maximum Gasteiger partial charge on any atom is 0.338 e. The van der Waals surface area contributed by atoms with Crippen LogP contribution in [0, 0.1) is 17.0 Å².